The van der Waals surface area contributed by atoms with Gasteiger partial charge in [-0.2, -0.15) is 0 Å². The van der Waals surface area contributed by atoms with Gasteiger partial charge < -0.3 is 14.7 Å². The lowest BCUT2D eigenvalue weighted by atomic mass is 10.2. The predicted molar refractivity (Wildman–Crippen MR) is 96.2 cm³/mol. The van der Waals surface area contributed by atoms with E-state index in [1.54, 1.807) is 6.08 Å². The Hall–Kier alpha value is -2.31. The highest BCUT2D eigenvalue weighted by molar-refractivity contribution is 9.10. The molecule has 0 aromatic heterocycles. The van der Waals surface area contributed by atoms with Gasteiger partial charge in [0.2, 0.25) is 0 Å². The number of oxime groups is 1. The van der Waals surface area contributed by atoms with Crippen LogP contribution in [0.1, 0.15) is 11.1 Å². The number of nitrogens with zero attached hydrogens (tertiary/aromatic N) is 1. The van der Waals surface area contributed by atoms with Crippen molar-refractivity contribution in [1.82, 2.24) is 0 Å². The summed E-state index contributed by atoms with van der Waals surface area (Å²) in [5.41, 5.74) is 1.35. The first-order chi connectivity index (χ1) is 11.5. The molecule has 0 atom stereocenters. The lowest BCUT2D eigenvalue weighted by molar-refractivity contribution is -0.129. The maximum Gasteiger partial charge on any atom is 0.336 e. The van der Waals surface area contributed by atoms with Crippen LogP contribution in [0.5, 0.6) is 11.5 Å². The number of ether oxygens (including phenoxy) is 2. The minimum absolute atomic E-state index is 0.0970. The van der Waals surface area contributed by atoms with Crippen molar-refractivity contribution in [2.75, 3.05) is 7.11 Å². The lowest BCUT2D eigenvalue weighted by Crippen LogP contribution is -2.06. The van der Waals surface area contributed by atoms with Crippen LogP contribution in [0.2, 0.25) is 5.02 Å². The van der Waals surface area contributed by atoms with Crippen LogP contribution < -0.4 is 9.47 Å². The summed E-state index contributed by atoms with van der Waals surface area (Å²) in [7, 11) is 1.42. The Morgan fingerprint density at radius 3 is 2.58 bits per heavy atom. The van der Waals surface area contributed by atoms with Crippen LogP contribution in [0, 0.1) is 0 Å². The molecule has 2 aromatic carbocycles. The maximum atomic E-state index is 12.0. The molecule has 124 valence electrons. The number of rotatable bonds is 5. The molecular formula is C17H13BrClNO4. The Balaban J connectivity index is 2.17. The third kappa shape index (κ3) is 4.84. The van der Waals surface area contributed by atoms with Gasteiger partial charge in [0.15, 0.2) is 11.5 Å². The van der Waals surface area contributed by atoms with E-state index in [-0.39, 0.29) is 16.5 Å². The Morgan fingerprint density at radius 2 is 1.96 bits per heavy atom. The molecule has 1 N–H and O–H groups in total. The van der Waals surface area contributed by atoms with Gasteiger partial charge in [-0.3, -0.25) is 0 Å². The van der Waals surface area contributed by atoms with Gasteiger partial charge in [-0.15, -0.1) is 0 Å². The Labute approximate surface area is 152 Å². The quantitative estimate of drug-likeness (QED) is 0.196. The Morgan fingerprint density at radius 1 is 1.25 bits per heavy atom. The molecule has 0 aliphatic heterocycles. The van der Waals surface area contributed by atoms with Gasteiger partial charge in [-0.25, -0.2) is 4.79 Å². The van der Waals surface area contributed by atoms with Crippen molar-refractivity contribution in [3.63, 3.8) is 0 Å². The Kier molecular flexibility index (Phi) is 6.40. The van der Waals surface area contributed by atoms with E-state index in [0.717, 1.165) is 10.0 Å². The lowest BCUT2D eigenvalue weighted by Gasteiger charge is -2.10. The standard InChI is InChI=1S/C17H13BrClNO4/c1-23-15-9-12(10-20-22)8-14(19)17(15)24-16(21)7-4-11-2-5-13(18)6-3-11/h2-10,22H,1H3/b7-4+,20-10+. The summed E-state index contributed by atoms with van der Waals surface area (Å²) in [4.78, 5) is 12.0. The smallest absolute Gasteiger partial charge is 0.336 e. The minimum atomic E-state index is -0.596. The second-order valence-electron chi connectivity index (χ2n) is 4.58. The largest absolute Gasteiger partial charge is 0.493 e. The fourth-order valence-corrected chi connectivity index (χ4v) is 2.37. The van der Waals surface area contributed by atoms with Crippen LogP contribution in [0.3, 0.4) is 0 Å². The fraction of sp³-hybridized carbons (Fsp3) is 0.0588. The van der Waals surface area contributed by atoms with Gasteiger partial charge in [0.1, 0.15) is 0 Å². The third-order valence-electron chi connectivity index (χ3n) is 2.94. The van der Waals surface area contributed by atoms with Crippen molar-refractivity contribution >= 4 is 45.8 Å². The second-order valence-corrected chi connectivity index (χ2v) is 5.91. The van der Waals surface area contributed by atoms with E-state index < -0.39 is 5.97 Å². The number of hydrogen-bond donors (Lipinski definition) is 1. The molecule has 2 aromatic rings. The van der Waals surface area contributed by atoms with E-state index in [2.05, 4.69) is 21.1 Å². The van der Waals surface area contributed by atoms with Crippen LogP contribution in [-0.4, -0.2) is 24.5 Å². The van der Waals surface area contributed by atoms with E-state index in [9.17, 15) is 4.79 Å². The molecule has 0 unspecified atom stereocenters. The molecule has 0 amide bonds. The zero-order valence-corrected chi connectivity index (χ0v) is 14.9. The fourth-order valence-electron chi connectivity index (χ4n) is 1.85. The molecule has 0 bridgehead atoms. The molecule has 0 saturated heterocycles. The highest BCUT2D eigenvalue weighted by Crippen LogP contribution is 2.36. The summed E-state index contributed by atoms with van der Waals surface area (Å²) in [5, 5.41) is 11.7. The van der Waals surface area contributed by atoms with Gasteiger partial charge in [0.05, 0.1) is 18.3 Å². The van der Waals surface area contributed by atoms with Gasteiger partial charge in [-0.1, -0.05) is 44.8 Å². The molecule has 0 saturated carbocycles. The number of hydrogen-bond acceptors (Lipinski definition) is 5. The van der Waals surface area contributed by atoms with Gasteiger partial charge in [0.25, 0.3) is 0 Å². The van der Waals surface area contributed by atoms with Crippen molar-refractivity contribution in [2.45, 2.75) is 0 Å². The number of methoxy groups -OCH3 is 1. The molecule has 5 nitrogen and oxygen atoms in total. The highest BCUT2D eigenvalue weighted by atomic mass is 79.9. The van der Waals surface area contributed by atoms with E-state index in [0.29, 0.717) is 5.56 Å². The first kappa shape index (κ1) is 18.0. The van der Waals surface area contributed by atoms with E-state index in [1.807, 2.05) is 24.3 Å². The zero-order chi connectivity index (χ0) is 17.5. The molecule has 0 heterocycles. The molecule has 7 heteroatoms. The summed E-state index contributed by atoms with van der Waals surface area (Å²) in [5.74, 6) is -0.246. The van der Waals surface area contributed by atoms with Crippen LogP contribution in [-0.2, 0) is 4.79 Å². The predicted octanol–water partition coefficient (Wildman–Crippen LogP) is 4.54. The topological polar surface area (TPSA) is 68.1 Å². The first-order valence-electron chi connectivity index (χ1n) is 6.74. The zero-order valence-electron chi connectivity index (χ0n) is 12.6. The average Bonchev–Trinajstić information content (AvgIpc) is 2.56. The molecule has 0 aliphatic carbocycles. The average molecular weight is 411 g/mol. The van der Waals surface area contributed by atoms with Gasteiger partial charge in [-0.05, 0) is 35.9 Å². The van der Waals surface area contributed by atoms with Crippen LogP contribution >= 0.6 is 27.5 Å². The van der Waals surface area contributed by atoms with Crippen molar-refractivity contribution in [3.8, 4) is 11.5 Å². The van der Waals surface area contributed by atoms with E-state index in [1.165, 1.54) is 31.5 Å². The number of esters is 1. The minimum Gasteiger partial charge on any atom is -0.493 e. The normalized spacial score (nSPS) is 11.1. The van der Waals surface area contributed by atoms with Gasteiger partial charge >= 0.3 is 5.97 Å². The molecule has 2 rings (SSSR count). The molecule has 0 spiro atoms. The third-order valence-corrected chi connectivity index (χ3v) is 3.75. The van der Waals surface area contributed by atoms with Crippen molar-refractivity contribution < 1.29 is 19.5 Å². The number of halogens is 2. The maximum absolute atomic E-state index is 12.0. The summed E-state index contributed by atoms with van der Waals surface area (Å²) in [6, 6.07) is 10.5. The van der Waals surface area contributed by atoms with Crippen LogP contribution in [0.25, 0.3) is 6.08 Å². The number of carbonyl (C=O) groups is 1. The summed E-state index contributed by atoms with van der Waals surface area (Å²) >= 11 is 9.44. The second kappa shape index (κ2) is 8.52. The van der Waals surface area contributed by atoms with E-state index in [4.69, 9.17) is 26.3 Å². The van der Waals surface area contributed by atoms with Crippen molar-refractivity contribution in [2.24, 2.45) is 5.16 Å². The van der Waals surface area contributed by atoms with Crippen LogP contribution in [0.4, 0.5) is 0 Å². The monoisotopic (exact) mass is 409 g/mol. The van der Waals surface area contributed by atoms with Crippen LogP contribution in [0.15, 0.2) is 52.1 Å². The van der Waals surface area contributed by atoms with Crippen molar-refractivity contribution in [3.05, 3.63) is 63.1 Å². The first-order valence-corrected chi connectivity index (χ1v) is 7.91. The molecule has 0 fully saturated rings. The summed E-state index contributed by atoms with van der Waals surface area (Å²) in [6.07, 6.45) is 4.11. The van der Waals surface area contributed by atoms with E-state index >= 15 is 0 Å². The molecule has 0 radical (unpaired) electrons. The number of carbonyl (C=O) groups excluding carboxylic acids is 1. The summed E-state index contributed by atoms with van der Waals surface area (Å²) in [6.45, 7) is 0. The van der Waals surface area contributed by atoms with Crippen molar-refractivity contribution in [1.29, 1.82) is 0 Å². The molecule has 24 heavy (non-hydrogen) atoms. The molecule has 0 aliphatic rings. The number of benzene rings is 2. The Bertz CT molecular complexity index is 788. The summed E-state index contributed by atoms with van der Waals surface area (Å²) < 4.78 is 11.4. The van der Waals surface area contributed by atoms with Gasteiger partial charge in [0, 0.05) is 16.1 Å². The SMILES string of the molecule is COc1cc(/C=N/O)cc(Cl)c1OC(=O)/C=C/c1ccc(Br)cc1. The highest BCUT2D eigenvalue weighted by Gasteiger charge is 2.14. The molecular weight excluding hydrogens is 398 g/mol.